The molecule has 0 amide bonds. The Morgan fingerprint density at radius 1 is 1.07 bits per heavy atom. The normalized spacial score (nSPS) is 17.6. The molecule has 0 aliphatic carbocycles. The number of benzene rings is 1. The summed E-state index contributed by atoms with van der Waals surface area (Å²) in [5, 5.41) is 3.49. The molecule has 146 valence electrons. The molecule has 1 saturated heterocycles. The van der Waals surface area contributed by atoms with Crippen molar-refractivity contribution < 1.29 is 4.74 Å². The van der Waals surface area contributed by atoms with Gasteiger partial charge < -0.3 is 19.9 Å². The average molecular weight is 379 g/mol. The number of aromatic nitrogens is 4. The molecule has 0 atom stereocenters. The zero-order valence-electron chi connectivity index (χ0n) is 15.9. The van der Waals surface area contributed by atoms with Crippen molar-refractivity contribution in [2.75, 3.05) is 56.2 Å². The summed E-state index contributed by atoms with van der Waals surface area (Å²) in [6.45, 7) is 7.16. The highest BCUT2D eigenvalue weighted by Crippen LogP contribution is 2.25. The molecule has 4 heterocycles. The molecule has 0 unspecified atom stereocenters. The Labute approximate surface area is 163 Å². The molecule has 1 aromatic carbocycles. The number of fused-ring (bicyclic) bond motifs is 2. The van der Waals surface area contributed by atoms with E-state index >= 15 is 0 Å². The first-order valence-electron chi connectivity index (χ1n) is 9.94. The summed E-state index contributed by atoms with van der Waals surface area (Å²) in [4.78, 5) is 21.7. The van der Waals surface area contributed by atoms with Crippen LogP contribution in [0.4, 0.5) is 11.8 Å². The van der Waals surface area contributed by atoms with E-state index in [1.165, 1.54) is 11.1 Å². The number of H-pyrrole nitrogens is 1. The van der Waals surface area contributed by atoms with Crippen LogP contribution in [0.3, 0.4) is 0 Å². The molecule has 3 aromatic rings. The number of aromatic amines is 1. The van der Waals surface area contributed by atoms with Crippen LogP contribution in [0.1, 0.15) is 11.1 Å². The highest BCUT2D eigenvalue weighted by molar-refractivity contribution is 5.83. The van der Waals surface area contributed by atoms with Gasteiger partial charge in [0.1, 0.15) is 5.52 Å². The number of hydrogen-bond acceptors (Lipinski definition) is 7. The van der Waals surface area contributed by atoms with Gasteiger partial charge in [-0.25, -0.2) is 4.98 Å². The van der Waals surface area contributed by atoms with Crippen LogP contribution >= 0.6 is 0 Å². The summed E-state index contributed by atoms with van der Waals surface area (Å²) in [7, 11) is 0. The number of imidazole rings is 1. The third-order valence-electron chi connectivity index (χ3n) is 5.51. The second-order valence-electron chi connectivity index (χ2n) is 7.29. The van der Waals surface area contributed by atoms with E-state index in [4.69, 9.17) is 14.7 Å². The van der Waals surface area contributed by atoms with Gasteiger partial charge >= 0.3 is 0 Å². The van der Waals surface area contributed by atoms with E-state index < -0.39 is 0 Å². The minimum atomic E-state index is 0.706. The number of nitrogens with one attached hydrogen (secondary N) is 2. The van der Waals surface area contributed by atoms with Crippen LogP contribution in [0, 0.1) is 0 Å². The SMILES string of the molecule is c1ccc2c(c1)CCN(c1nc(NCCN3CCOCC3)c3[nH]cnc3n1)C2. The standard InChI is InChI=1S/C20H25N7O/c1-2-4-16-13-27(7-5-15(16)3-1)20-24-18(17-19(25-20)23-14-22-17)21-6-8-26-9-11-28-12-10-26/h1-4,14H,5-13H2,(H2,21,22,23,24,25). The van der Waals surface area contributed by atoms with E-state index in [2.05, 4.69) is 49.4 Å². The molecule has 0 bridgehead atoms. The maximum Gasteiger partial charge on any atom is 0.229 e. The lowest BCUT2D eigenvalue weighted by molar-refractivity contribution is 0.0398. The molecule has 0 radical (unpaired) electrons. The molecular weight excluding hydrogens is 354 g/mol. The summed E-state index contributed by atoms with van der Waals surface area (Å²) >= 11 is 0. The van der Waals surface area contributed by atoms with Crippen molar-refractivity contribution in [1.82, 2.24) is 24.8 Å². The lowest BCUT2D eigenvalue weighted by atomic mass is 10.0. The minimum Gasteiger partial charge on any atom is -0.379 e. The number of rotatable bonds is 5. The van der Waals surface area contributed by atoms with Crippen LogP contribution in [0.15, 0.2) is 30.6 Å². The first-order chi connectivity index (χ1) is 13.9. The lowest BCUT2D eigenvalue weighted by Crippen LogP contribution is -2.39. The fraction of sp³-hybridized carbons (Fsp3) is 0.450. The summed E-state index contributed by atoms with van der Waals surface area (Å²) in [6, 6.07) is 8.61. The van der Waals surface area contributed by atoms with Gasteiger partial charge in [0.2, 0.25) is 5.95 Å². The predicted molar refractivity (Wildman–Crippen MR) is 109 cm³/mol. The number of nitrogens with zero attached hydrogens (tertiary/aromatic N) is 5. The van der Waals surface area contributed by atoms with Gasteiger partial charge in [-0.05, 0) is 17.5 Å². The molecule has 0 spiro atoms. The van der Waals surface area contributed by atoms with E-state index in [-0.39, 0.29) is 0 Å². The van der Waals surface area contributed by atoms with Crippen molar-refractivity contribution in [3.63, 3.8) is 0 Å². The molecular formula is C20H25N7O. The predicted octanol–water partition coefficient (Wildman–Crippen LogP) is 1.66. The maximum absolute atomic E-state index is 5.42. The monoisotopic (exact) mass is 379 g/mol. The Bertz CT molecular complexity index is 951. The molecule has 1 fully saturated rings. The highest BCUT2D eigenvalue weighted by Gasteiger charge is 2.20. The number of morpholine rings is 1. The molecule has 28 heavy (non-hydrogen) atoms. The van der Waals surface area contributed by atoms with Crippen molar-refractivity contribution in [2.24, 2.45) is 0 Å². The fourth-order valence-corrected chi connectivity index (χ4v) is 3.91. The third kappa shape index (κ3) is 3.53. The van der Waals surface area contributed by atoms with E-state index in [9.17, 15) is 0 Å². The fourth-order valence-electron chi connectivity index (χ4n) is 3.91. The van der Waals surface area contributed by atoms with E-state index in [0.29, 0.717) is 5.65 Å². The molecule has 0 saturated carbocycles. The molecule has 8 nitrogen and oxygen atoms in total. The smallest absolute Gasteiger partial charge is 0.229 e. The van der Waals surface area contributed by atoms with Gasteiger partial charge in [-0.15, -0.1) is 0 Å². The molecule has 2 aromatic heterocycles. The van der Waals surface area contributed by atoms with Crippen LogP contribution in [-0.4, -0.2) is 70.8 Å². The van der Waals surface area contributed by atoms with Gasteiger partial charge in [0.15, 0.2) is 11.5 Å². The van der Waals surface area contributed by atoms with Gasteiger partial charge in [-0.3, -0.25) is 4.90 Å². The number of hydrogen-bond donors (Lipinski definition) is 2. The minimum absolute atomic E-state index is 0.706. The Morgan fingerprint density at radius 3 is 2.82 bits per heavy atom. The Morgan fingerprint density at radius 2 is 1.93 bits per heavy atom. The largest absolute Gasteiger partial charge is 0.379 e. The molecule has 2 aliphatic rings. The van der Waals surface area contributed by atoms with Crippen molar-refractivity contribution in [3.05, 3.63) is 41.7 Å². The molecule has 8 heteroatoms. The quantitative estimate of drug-likeness (QED) is 0.698. The Balaban J connectivity index is 1.34. The van der Waals surface area contributed by atoms with Gasteiger partial charge in [-0.2, -0.15) is 9.97 Å². The third-order valence-corrected chi connectivity index (χ3v) is 5.51. The first-order valence-corrected chi connectivity index (χ1v) is 9.94. The van der Waals surface area contributed by atoms with Crippen molar-refractivity contribution in [3.8, 4) is 0 Å². The van der Waals surface area contributed by atoms with Crippen LogP contribution in [0.5, 0.6) is 0 Å². The summed E-state index contributed by atoms with van der Waals surface area (Å²) in [5.74, 6) is 1.56. The Kier molecular flexibility index (Phi) is 4.80. The van der Waals surface area contributed by atoms with Crippen molar-refractivity contribution >= 4 is 22.9 Å². The zero-order chi connectivity index (χ0) is 18.8. The number of ether oxygens (including phenoxy) is 1. The zero-order valence-corrected chi connectivity index (χ0v) is 15.9. The van der Waals surface area contributed by atoms with Gasteiger partial charge in [0, 0.05) is 39.3 Å². The summed E-state index contributed by atoms with van der Waals surface area (Å²) in [5.41, 5.74) is 4.34. The summed E-state index contributed by atoms with van der Waals surface area (Å²) in [6.07, 6.45) is 2.69. The molecule has 2 N–H and O–H groups in total. The van der Waals surface area contributed by atoms with Crippen LogP contribution in [-0.2, 0) is 17.7 Å². The highest BCUT2D eigenvalue weighted by atomic mass is 16.5. The van der Waals surface area contributed by atoms with Crippen LogP contribution < -0.4 is 10.2 Å². The lowest BCUT2D eigenvalue weighted by Gasteiger charge is -2.29. The topological polar surface area (TPSA) is 82.2 Å². The Hall–Kier alpha value is -2.71. The van der Waals surface area contributed by atoms with Gasteiger partial charge in [0.25, 0.3) is 0 Å². The summed E-state index contributed by atoms with van der Waals surface area (Å²) < 4.78 is 5.42. The van der Waals surface area contributed by atoms with Crippen molar-refractivity contribution in [2.45, 2.75) is 13.0 Å². The van der Waals surface area contributed by atoms with E-state index in [0.717, 1.165) is 76.2 Å². The number of anilines is 2. The average Bonchev–Trinajstić information content (AvgIpc) is 3.23. The molecule has 5 rings (SSSR count). The van der Waals surface area contributed by atoms with Gasteiger partial charge in [0.05, 0.1) is 19.5 Å². The second kappa shape index (κ2) is 7.73. The van der Waals surface area contributed by atoms with E-state index in [1.54, 1.807) is 6.33 Å². The van der Waals surface area contributed by atoms with E-state index in [1.807, 2.05) is 0 Å². The van der Waals surface area contributed by atoms with Crippen LogP contribution in [0.2, 0.25) is 0 Å². The maximum atomic E-state index is 5.42. The van der Waals surface area contributed by atoms with Crippen LogP contribution in [0.25, 0.3) is 11.2 Å². The molecule has 2 aliphatic heterocycles. The first kappa shape index (κ1) is 17.4. The van der Waals surface area contributed by atoms with Gasteiger partial charge in [-0.1, -0.05) is 24.3 Å². The second-order valence-corrected chi connectivity index (χ2v) is 7.29. The van der Waals surface area contributed by atoms with Crippen molar-refractivity contribution in [1.29, 1.82) is 0 Å².